The van der Waals surface area contributed by atoms with Crippen molar-refractivity contribution in [2.24, 2.45) is 0 Å². The number of hydrogen-bond acceptors (Lipinski definition) is 3. The van der Waals surface area contributed by atoms with Gasteiger partial charge in [0.05, 0.1) is 18.2 Å². The maximum atomic E-state index is 8.63. The summed E-state index contributed by atoms with van der Waals surface area (Å²) >= 11 is 0. The quantitative estimate of drug-likeness (QED) is 0.778. The summed E-state index contributed by atoms with van der Waals surface area (Å²) in [6.07, 6.45) is 3.63. The third-order valence-corrected chi connectivity index (χ3v) is 2.13. The highest BCUT2D eigenvalue weighted by atomic mass is 16.5. The number of aromatic nitrogens is 2. The second-order valence-corrected chi connectivity index (χ2v) is 3.25. The molecule has 4 nitrogen and oxygen atoms in total. The monoisotopic (exact) mass is 213 g/mol. The van der Waals surface area contributed by atoms with Gasteiger partial charge in [0.1, 0.15) is 12.4 Å². The molecule has 0 atom stereocenters. The van der Waals surface area contributed by atoms with E-state index < -0.39 is 0 Å². The van der Waals surface area contributed by atoms with Crippen LogP contribution >= 0.6 is 0 Å². The third kappa shape index (κ3) is 2.61. The number of ether oxygens (including phenoxy) is 1. The first-order valence-corrected chi connectivity index (χ1v) is 4.99. The first-order valence-electron chi connectivity index (χ1n) is 4.99. The molecule has 0 saturated carbocycles. The van der Waals surface area contributed by atoms with Crippen LogP contribution in [0.4, 0.5) is 0 Å². The second kappa shape index (κ2) is 4.99. The van der Waals surface area contributed by atoms with Crippen molar-refractivity contribution in [2.45, 2.75) is 6.54 Å². The van der Waals surface area contributed by atoms with Crippen molar-refractivity contribution in [3.8, 4) is 11.8 Å². The molecule has 0 aliphatic rings. The van der Waals surface area contributed by atoms with E-state index in [1.54, 1.807) is 30.5 Å². The van der Waals surface area contributed by atoms with Gasteiger partial charge in [-0.05, 0) is 30.3 Å². The molecule has 0 bridgehead atoms. The normalized spacial score (nSPS) is 9.69. The van der Waals surface area contributed by atoms with E-state index in [0.717, 1.165) is 5.75 Å². The van der Waals surface area contributed by atoms with Crippen molar-refractivity contribution in [1.29, 1.82) is 5.26 Å². The highest BCUT2D eigenvalue weighted by molar-refractivity contribution is 5.34. The van der Waals surface area contributed by atoms with Gasteiger partial charge in [-0.15, -0.1) is 0 Å². The van der Waals surface area contributed by atoms with Gasteiger partial charge in [-0.25, -0.2) is 0 Å². The third-order valence-electron chi connectivity index (χ3n) is 2.13. The Balaban J connectivity index is 1.83. The van der Waals surface area contributed by atoms with E-state index in [9.17, 15) is 0 Å². The van der Waals surface area contributed by atoms with Gasteiger partial charge in [-0.1, -0.05) is 0 Å². The van der Waals surface area contributed by atoms with Gasteiger partial charge in [-0.3, -0.25) is 4.68 Å². The Kier molecular flexibility index (Phi) is 3.19. The highest BCUT2D eigenvalue weighted by Crippen LogP contribution is 2.11. The zero-order chi connectivity index (χ0) is 11.2. The number of rotatable bonds is 4. The summed E-state index contributed by atoms with van der Waals surface area (Å²) in [7, 11) is 0. The lowest BCUT2D eigenvalue weighted by atomic mass is 10.2. The van der Waals surface area contributed by atoms with Crippen molar-refractivity contribution < 1.29 is 4.74 Å². The molecule has 1 heterocycles. The number of hydrogen-bond donors (Lipinski definition) is 0. The van der Waals surface area contributed by atoms with Gasteiger partial charge in [0, 0.05) is 12.4 Å². The Morgan fingerprint density at radius 2 is 2.12 bits per heavy atom. The van der Waals surface area contributed by atoms with Crippen molar-refractivity contribution in [1.82, 2.24) is 9.78 Å². The average Bonchev–Trinajstić information content (AvgIpc) is 2.83. The minimum Gasteiger partial charge on any atom is -0.492 e. The highest BCUT2D eigenvalue weighted by Gasteiger charge is 1.95. The number of nitriles is 1. The SMILES string of the molecule is N#Cc1ccc(OCCn2cccn2)cc1. The first kappa shape index (κ1) is 10.2. The van der Waals surface area contributed by atoms with Crippen LogP contribution in [0.3, 0.4) is 0 Å². The lowest BCUT2D eigenvalue weighted by molar-refractivity contribution is 0.291. The number of benzene rings is 1. The van der Waals surface area contributed by atoms with E-state index in [2.05, 4.69) is 11.2 Å². The minimum atomic E-state index is 0.563. The summed E-state index contributed by atoms with van der Waals surface area (Å²) < 4.78 is 7.32. The van der Waals surface area contributed by atoms with Crippen molar-refractivity contribution in [3.05, 3.63) is 48.3 Å². The molecular formula is C12H11N3O. The molecule has 4 heteroatoms. The van der Waals surface area contributed by atoms with Crippen LogP contribution in [0, 0.1) is 11.3 Å². The molecule has 16 heavy (non-hydrogen) atoms. The van der Waals surface area contributed by atoms with E-state index >= 15 is 0 Å². The van der Waals surface area contributed by atoms with Gasteiger partial charge in [0.2, 0.25) is 0 Å². The molecule has 0 N–H and O–H groups in total. The Labute approximate surface area is 93.7 Å². The van der Waals surface area contributed by atoms with Crippen molar-refractivity contribution >= 4 is 0 Å². The van der Waals surface area contributed by atoms with E-state index in [1.807, 2.05) is 16.9 Å². The van der Waals surface area contributed by atoms with Crippen LogP contribution in [0.15, 0.2) is 42.7 Å². The summed E-state index contributed by atoms with van der Waals surface area (Å²) in [5.74, 6) is 0.770. The van der Waals surface area contributed by atoms with Crippen LogP contribution in [0.2, 0.25) is 0 Å². The molecule has 0 fully saturated rings. The minimum absolute atomic E-state index is 0.563. The second-order valence-electron chi connectivity index (χ2n) is 3.25. The molecule has 2 rings (SSSR count). The van der Waals surface area contributed by atoms with Gasteiger partial charge in [-0.2, -0.15) is 10.4 Å². The molecule has 0 amide bonds. The molecule has 0 aliphatic carbocycles. The summed E-state index contributed by atoms with van der Waals surface area (Å²) in [5.41, 5.74) is 0.638. The maximum absolute atomic E-state index is 8.63. The van der Waals surface area contributed by atoms with Crippen molar-refractivity contribution in [3.63, 3.8) is 0 Å². The van der Waals surface area contributed by atoms with Gasteiger partial charge in [0.25, 0.3) is 0 Å². The largest absolute Gasteiger partial charge is 0.492 e. The van der Waals surface area contributed by atoms with E-state index in [1.165, 1.54) is 0 Å². The molecular weight excluding hydrogens is 202 g/mol. The fourth-order valence-electron chi connectivity index (χ4n) is 1.32. The molecule has 0 aliphatic heterocycles. The molecule has 1 aromatic heterocycles. The molecule has 0 unspecified atom stereocenters. The van der Waals surface area contributed by atoms with E-state index in [0.29, 0.717) is 18.7 Å². The van der Waals surface area contributed by atoms with Gasteiger partial charge >= 0.3 is 0 Å². The standard InChI is InChI=1S/C12H11N3O/c13-10-11-2-4-12(5-3-11)16-9-8-15-7-1-6-14-15/h1-7H,8-9H2. The summed E-state index contributed by atoms with van der Waals surface area (Å²) in [6.45, 7) is 1.28. The Hall–Kier alpha value is -2.28. The topological polar surface area (TPSA) is 50.8 Å². The molecule has 80 valence electrons. The Bertz CT molecular complexity index is 468. The lowest BCUT2D eigenvalue weighted by Gasteiger charge is -2.05. The zero-order valence-corrected chi connectivity index (χ0v) is 8.71. The molecule has 1 aromatic carbocycles. The average molecular weight is 213 g/mol. The predicted molar refractivity (Wildman–Crippen MR) is 58.9 cm³/mol. The van der Waals surface area contributed by atoms with Crippen molar-refractivity contribution in [2.75, 3.05) is 6.61 Å². The maximum Gasteiger partial charge on any atom is 0.119 e. The number of nitrogens with zero attached hydrogens (tertiary/aromatic N) is 3. The fourth-order valence-corrected chi connectivity index (χ4v) is 1.32. The summed E-state index contributed by atoms with van der Waals surface area (Å²) in [5, 5.41) is 12.7. The van der Waals surface area contributed by atoms with Crippen LogP contribution in [-0.2, 0) is 6.54 Å². The van der Waals surface area contributed by atoms with Gasteiger partial charge < -0.3 is 4.74 Å². The Morgan fingerprint density at radius 1 is 1.31 bits per heavy atom. The molecule has 2 aromatic rings. The fraction of sp³-hybridized carbons (Fsp3) is 0.167. The zero-order valence-electron chi connectivity index (χ0n) is 8.71. The summed E-state index contributed by atoms with van der Waals surface area (Å²) in [4.78, 5) is 0. The Morgan fingerprint density at radius 3 is 2.75 bits per heavy atom. The smallest absolute Gasteiger partial charge is 0.119 e. The molecule has 0 saturated heterocycles. The lowest BCUT2D eigenvalue weighted by Crippen LogP contribution is -2.08. The predicted octanol–water partition coefficient (Wildman–Crippen LogP) is 1.83. The molecule has 0 spiro atoms. The van der Waals surface area contributed by atoms with Crippen LogP contribution in [0.5, 0.6) is 5.75 Å². The molecule has 0 radical (unpaired) electrons. The van der Waals surface area contributed by atoms with Crippen LogP contribution < -0.4 is 4.74 Å². The van der Waals surface area contributed by atoms with E-state index in [4.69, 9.17) is 10.00 Å². The van der Waals surface area contributed by atoms with Crippen LogP contribution in [0.1, 0.15) is 5.56 Å². The van der Waals surface area contributed by atoms with Gasteiger partial charge in [0.15, 0.2) is 0 Å². The van der Waals surface area contributed by atoms with Crippen LogP contribution in [0.25, 0.3) is 0 Å². The van der Waals surface area contributed by atoms with E-state index in [-0.39, 0.29) is 0 Å². The first-order chi connectivity index (χ1) is 7.88. The summed E-state index contributed by atoms with van der Waals surface area (Å²) in [6, 6.07) is 11.0. The van der Waals surface area contributed by atoms with Crippen LogP contribution in [-0.4, -0.2) is 16.4 Å².